The fourth-order valence-electron chi connectivity index (χ4n) is 2.90. The molecule has 9 heteroatoms. The number of benzene rings is 1. The Kier molecular flexibility index (Phi) is 4.99. The van der Waals surface area contributed by atoms with Crippen molar-refractivity contribution in [2.45, 2.75) is 12.3 Å². The van der Waals surface area contributed by atoms with Crippen molar-refractivity contribution in [3.8, 4) is 5.75 Å². The number of nitrogens with two attached hydrogens (primary N) is 1. The molecule has 3 N–H and O–H groups in total. The number of rotatable bonds is 5. The van der Waals surface area contributed by atoms with Crippen molar-refractivity contribution in [1.82, 2.24) is 5.32 Å². The fourth-order valence-corrected chi connectivity index (χ4v) is 3.89. The largest absolute Gasteiger partial charge is 0.497 e. The van der Waals surface area contributed by atoms with E-state index in [0.29, 0.717) is 30.8 Å². The second-order valence-electron chi connectivity index (χ2n) is 5.37. The minimum atomic E-state index is -3.64. The van der Waals surface area contributed by atoms with E-state index in [4.69, 9.17) is 9.88 Å². The third kappa shape index (κ3) is 3.93. The molecule has 8 nitrogen and oxygen atoms in total. The van der Waals surface area contributed by atoms with Crippen molar-refractivity contribution in [2.75, 3.05) is 26.0 Å². The average molecular weight is 329 g/mol. The third-order valence-corrected chi connectivity index (χ3v) is 4.80. The zero-order chi connectivity index (χ0) is 16.3. The van der Waals surface area contributed by atoms with Gasteiger partial charge >= 0.3 is 0 Å². The number of hydrogen-bond donors (Lipinski definition) is 2. The minimum Gasteiger partial charge on any atom is -0.497 e. The van der Waals surface area contributed by atoms with E-state index in [1.165, 1.54) is 19.2 Å². The van der Waals surface area contributed by atoms with Gasteiger partial charge in [0.1, 0.15) is 5.75 Å². The Hall–Kier alpha value is -1.71. The Labute approximate surface area is 128 Å². The predicted octanol–water partition coefficient (Wildman–Crippen LogP) is 0.585. The van der Waals surface area contributed by atoms with Gasteiger partial charge in [-0.25, -0.2) is 13.6 Å². The normalized spacial score (nSPS) is 22.3. The number of primary sulfonamides is 1. The molecule has 2 atom stereocenters. The van der Waals surface area contributed by atoms with Crippen LogP contribution in [0, 0.1) is 16.0 Å². The number of ether oxygens (including phenoxy) is 1. The monoisotopic (exact) mass is 329 g/mol. The summed E-state index contributed by atoms with van der Waals surface area (Å²) in [5.74, 6) is -0.251. The molecule has 0 bridgehead atoms. The first-order chi connectivity index (χ1) is 10.3. The van der Waals surface area contributed by atoms with E-state index < -0.39 is 14.9 Å². The molecule has 122 valence electrons. The Morgan fingerprint density at radius 2 is 2.23 bits per heavy atom. The molecule has 0 amide bonds. The molecule has 1 aromatic carbocycles. The van der Waals surface area contributed by atoms with Gasteiger partial charge in [-0.1, -0.05) is 0 Å². The lowest BCUT2D eigenvalue weighted by Crippen LogP contribution is -2.39. The highest BCUT2D eigenvalue weighted by atomic mass is 32.2. The van der Waals surface area contributed by atoms with Crippen LogP contribution in [0.5, 0.6) is 5.75 Å². The quantitative estimate of drug-likeness (QED) is 0.601. The zero-order valence-corrected chi connectivity index (χ0v) is 13.0. The van der Waals surface area contributed by atoms with Gasteiger partial charge in [-0.3, -0.25) is 10.1 Å². The molecule has 0 spiro atoms. The van der Waals surface area contributed by atoms with E-state index in [1.54, 1.807) is 6.07 Å². The third-order valence-electron chi connectivity index (χ3n) is 3.90. The highest BCUT2D eigenvalue weighted by molar-refractivity contribution is 7.89. The second kappa shape index (κ2) is 6.59. The molecular formula is C13H19N3O5S. The van der Waals surface area contributed by atoms with Crippen LogP contribution < -0.4 is 15.2 Å². The van der Waals surface area contributed by atoms with Gasteiger partial charge in [0.2, 0.25) is 10.0 Å². The first kappa shape index (κ1) is 16.7. The topological polar surface area (TPSA) is 125 Å². The fraction of sp³-hybridized carbons (Fsp3) is 0.538. The molecule has 0 radical (unpaired) electrons. The van der Waals surface area contributed by atoms with Gasteiger partial charge in [0, 0.05) is 24.1 Å². The maximum Gasteiger partial charge on any atom is 0.273 e. The summed E-state index contributed by atoms with van der Waals surface area (Å²) in [5, 5.41) is 19.6. The lowest BCUT2D eigenvalue weighted by Gasteiger charge is -2.31. The number of nitrogens with one attached hydrogen (secondary N) is 1. The lowest BCUT2D eigenvalue weighted by molar-refractivity contribution is -0.385. The zero-order valence-electron chi connectivity index (χ0n) is 12.2. The van der Waals surface area contributed by atoms with Crippen LogP contribution in [0.25, 0.3) is 0 Å². The molecule has 1 heterocycles. The average Bonchev–Trinajstić information content (AvgIpc) is 2.45. The standard InChI is InChI=1S/C13H19N3O5S/c1-21-10-2-3-13(16(17)18)11(6-10)12-7-15-5-4-9(12)8-22(14,19)20/h2-3,6,9,12,15H,4-5,7-8H2,1H3,(H2,14,19,20). The number of hydrogen-bond acceptors (Lipinski definition) is 6. The summed E-state index contributed by atoms with van der Waals surface area (Å²) in [6.07, 6.45) is 0.593. The smallest absolute Gasteiger partial charge is 0.273 e. The summed E-state index contributed by atoms with van der Waals surface area (Å²) in [5.41, 5.74) is 0.444. The first-order valence-electron chi connectivity index (χ1n) is 6.85. The van der Waals surface area contributed by atoms with Gasteiger partial charge < -0.3 is 10.1 Å². The minimum absolute atomic E-state index is 0.0334. The van der Waals surface area contributed by atoms with Crippen molar-refractivity contribution in [2.24, 2.45) is 11.1 Å². The van der Waals surface area contributed by atoms with Gasteiger partial charge in [0.25, 0.3) is 5.69 Å². The Balaban J connectivity index is 2.43. The summed E-state index contributed by atoms with van der Waals surface area (Å²) in [7, 11) is -2.16. The van der Waals surface area contributed by atoms with E-state index in [2.05, 4.69) is 5.32 Å². The molecule has 1 aliphatic heterocycles. The Morgan fingerprint density at radius 1 is 1.50 bits per heavy atom. The lowest BCUT2D eigenvalue weighted by atomic mass is 9.82. The van der Waals surface area contributed by atoms with E-state index in [1.807, 2.05) is 0 Å². The molecule has 22 heavy (non-hydrogen) atoms. The highest BCUT2D eigenvalue weighted by Crippen LogP contribution is 2.37. The SMILES string of the molecule is COc1ccc([N+](=O)[O-])c(C2CNCCC2CS(N)(=O)=O)c1. The molecule has 1 saturated heterocycles. The van der Waals surface area contributed by atoms with Crippen LogP contribution in [-0.4, -0.2) is 39.3 Å². The van der Waals surface area contributed by atoms with Crippen LogP contribution in [0.4, 0.5) is 5.69 Å². The van der Waals surface area contributed by atoms with Crippen molar-refractivity contribution >= 4 is 15.7 Å². The molecule has 2 rings (SSSR count). The number of sulfonamides is 1. The number of nitro groups is 1. The summed E-state index contributed by atoms with van der Waals surface area (Å²) in [6, 6.07) is 4.51. The number of piperidine rings is 1. The highest BCUT2D eigenvalue weighted by Gasteiger charge is 2.33. The van der Waals surface area contributed by atoms with Crippen LogP contribution in [0.3, 0.4) is 0 Å². The molecule has 0 aliphatic carbocycles. The van der Waals surface area contributed by atoms with E-state index in [9.17, 15) is 18.5 Å². The van der Waals surface area contributed by atoms with E-state index in [-0.39, 0.29) is 23.3 Å². The molecular weight excluding hydrogens is 310 g/mol. The van der Waals surface area contributed by atoms with Crippen LogP contribution >= 0.6 is 0 Å². The van der Waals surface area contributed by atoms with Crippen LogP contribution in [-0.2, 0) is 10.0 Å². The van der Waals surface area contributed by atoms with Crippen LogP contribution in [0.1, 0.15) is 17.9 Å². The molecule has 1 fully saturated rings. The maximum absolute atomic E-state index is 11.4. The number of nitrogens with zero attached hydrogens (tertiary/aromatic N) is 1. The van der Waals surface area contributed by atoms with Crippen LogP contribution in [0.2, 0.25) is 0 Å². The summed E-state index contributed by atoms with van der Waals surface area (Å²) in [4.78, 5) is 10.8. The molecule has 1 aromatic rings. The summed E-state index contributed by atoms with van der Waals surface area (Å²) >= 11 is 0. The Morgan fingerprint density at radius 3 is 2.82 bits per heavy atom. The van der Waals surface area contributed by atoms with Gasteiger partial charge in [-0.05, 0) is 31.0 Å². The molecule has 0 saturated carbocycles. The van der Waals surface area contributed by atoms with Crippen molar-refractivity contribution in [3.63, 3.8) is 0 Å². The van der Waals surface area contributed by atoms with Crippen molar-refractivity contribution in [1.29, 1.82) is 0 Å². The van der Waals surface area contributed by atoms with Gasteiger partial charge in [0.05, 0.1) is 17.8 Å². The van der Waals surface area contributed by atoms with Gasteiger partial charge in [-0.2, -0.15) is 0 Å². The molecule has 2 unspecified atom stereocenters. The second-order valence-corrected chi connectivity index (χ2v) is 7.03. The molecule has 1 aliphatic rings. The van der Waals surface area contributed by atoms with Gasteiger partial charge in [-0.15, -0.1) is 0 Å². The van der Waals surface area contributed by atoms with Crippen LogP contribution in [0.15, 0.2) is 18.2 Å². The van der Waals surface area contributed by atoms with Crippen molar-refractivity contribution < 1.29 is 18.1 Å². The molecule has 0 aromatic heterocycles. The maximum atomic E-state index is 11.4. The number of nitro benzene ring substituents is 1. The predicted molar refractivity (Wildman–Crippen MR) is 81.3 cm³/mol. The van der Waals surface area contributed by atoms with Gasteiger partial charge in [0.15, 0.2) is 0 Å². The van der Waals surface area contributed by atoms with E-state index >= 15 is 0 Å². The van der Waals surface area contributed by atoms with E-state index in [0.717, 1.165) is 0 Å². The number of methoxy groups -OCH3 is 1. The summed E-state index contributed by atoms with van der Waals surface area (Å²) < 4.78 is 28.0. The first-order valence-corrected chi connectivity index (χ1v) is 8.57. The Bertz CT molecular complexity index is 662. The summed E-state index contributed by atoms with van der Waals surface area (Å²) in [6.45, 7) is 1.13. The van der Waals surface area contributed by atoms with Crippen molar-refractivity contribution in [3.05, 3.63) is 33.9 Å².